The van der Waals surface area contributed by atoms with Gasteiger partial charge in [0.05, 0.1) is 20.8 Å². The Bertz CT molecular complexity index is 1280. The largest absolute Gasteiger partial charge is 0.497 e. The van der Waals surface area contributed by atoms with Gasteiger partial charge < -0.3 is 23.8 Å². The number of methoxy groups -OCH3 is 2. The number of furan rings is 1. The van der Waals surface area contributed by atoms with Crippen molar-refractivity contribution in [3.8, 4) is 11.4 Å². The van der Waals surface area contributed by atoms with E-state index in [0.717, 1.165) is 33.3 Å². The van der Waals surface area contributed by atoms with Crippen molar-refractivity contribution in [1.29, 1.82) is 0 Å². The summed E-state index contributed by atoms with van der Waals surface area (Å²) in [5.74, 6) is -0.0913. The fraction of sp³-hybridized carbons (Fsp3) is 0.208. The van der Waals surface area contributed by atoms with Crippen LogP contribution >= 0.6 is 0 Å². The number of aryl methyl sites for hydroxylation is 1. The van der Waals surface area contributed by atoms with E-state index in [9.17, 15) is 14.4 Å². The fourth-order valence-corrected chi connectivity index (χ4v) is 3.78. The van der Waals surface area contributed by atoms with Crippen molar-refractivity contribution in [1.82, 2.24) is 14.8 Å². The summed E-state index contributed by atoms with van der Waals surface area (Å²) in [4.78, 5) is 37.9. The van der Waals surface area contributed by atoms with Crippen molar-refractivity contribution in [2.45, 2.75) is 20.4 Å². The first kappa shape index (κ1) is 21.9. The number of carbonyl (C=O) groups is 3. The standard InChI is InChI=1S/C24H23N3O6/c1-14-10-16(15(2)27(14)17-6-5-7-18(12-17)31-3)11-20-22(28)26(24(30)25-20)13-19-8-9-21(33-19)23(29)32-4/h5-12H,13H2,1-4H3,(H,25,30)/b20-11-. The number of esters is 1. The number of hydrogen-bond acceptors (Lipinski definition) is 6. The molecule has 33 heavy (non-hydrogen) atoms. The van der Waals surface area contributed by atoms with Crippen LogP contribution < -0.4 is 10.1 Å². The zero-order valence-electron chi connectivity index (χ0n) is 18.7. The van der Waals surface area contributed by atoms with Gasteiger partial charge in [-0.2, -0.15) is 0 Å². The lowest BCUT2D eigenvalue weighted by molar-refractivity contribution is -0.123. The van der Waals surface area contributed by atoms with Crippen molar-refractivity contribution in [3.05, 3.63) is 76.6 Å². The maximum absolute atomic E-state index is 12.9. The third-order valence-electron chi connectivity index (χ3n) is 5.41. The molecule has 0 aliphatic carbocycles. The number of carbonyl (C=O) groups excluding carboxylic acids is 3. The van der Waals surface area contributed by atoms with Crippen LogP contribution in [0.4, 0.5) is 4.79 Å². The highest BCUT2D eigenvalue weighted by Gasteiger charge is 2.34. The van der Waals surface area contributed by atoms with Crippen LogP contribution in [0.15, 0.2) is 52.6 Å². The molecule has 3 aromatic rings. The van der Waals surface area contributed by atoms with Gasteiger partial charge in [0, 0.05) is 23.1 Å². The van der Waals surface area contributed by atoms with Gasteiger partial charge in [0.1, 0.15) is 17.2 Å². The van der Waals surface area contributed by atoms with Gasteiger partial charge in [-0.3, -0.25) is 9.69 Å². The quantitative estimate of drug-likeness (QED) is 0.351. The van der Waals surface area contributed by atoms with E-state index in [4.69, 9.17) is 9.15 Å². The molecule has 1 aliphatic heterocycles. The summed E-state index contributed by atoms with van der Waals surface area (Å²) < 4.78 is 17.3. The first-order valence-electron chi connectivity index (χ1n) is 10.2. The minimum Gasteiger partial charge on any atom is -0.497 e. The molecule has 0 unspecified atom stereocenters. The van der Waals surface area contributed by atoms with Gasteiger partial charge in [0.2, 0.25) is 5.76 Å². The molecule has 0 radical (unpaired) electrons. The van der Waals surface area contributed by atoms with E-state index in [1.807, 2.05) is 48.7 Å². The van der Waals surface area contributed by atoms with E-state index in [1.165, 1.54) is 19.2 Å². The fourth-order valence-electron chi connectivity index (χ4n) is 3.78. The first-order valence-corrected chi connectivity index (χ1v) is 10.2. The third kappa shape index (κ3) is 4.12. The highest BCUT2D eigenvalue weighted by atomic mass is 16.5. The third-order valence-corrected chi connectivity index (χ3v) is 5.41. The Morgan fingerprint density at radius 1 is 1.12 bits per heavy atom. The molecule has 0 atom stereocenters. The number of rotatable bonds is 6. The van der Waals surface area contributed by atoms with E-state index < -0.39 is 17.9 Å². The molecule has 4 rings (SSSR count). The molecule has 3 heterocycles. The molecular formula is C24H23N3O6. The number of benzene rings is 1. The van der Waals surface area contributed by atoms with Crippen LogP contribution in [0.2, 0.25) is 0 Å². The van der Waals surface area contributed by atoms with Crippen LogP contribution in [-0.2, 0) is 16.1 Å². The Morgan fingerprint density at radius 2 is 1.91 bits per heavy atom. The second-order valence-electron chi connectivity index (χ2n) is 7.50. The maximum Gasteiger partial charge on any atom is 0.373 e. The molecule has 3 amide bonds. The monoisotopic (exact) mass is 449 g/mol. The highest BCUT2D eigenvalue weighted by molar-refractivity contribution is 6.13. The Balaban J connectivity index is 1.59. The summed E-state index contributed by atoms with van der Waals surface area (Å²) in [7, 11) is 2.85. The van der Waals surface area contributed by atoms with Crippen LogP contribution in [0, 0.1) is 13.8 Å². The molecule has 1 saturated heterocycles. The summed E-state index contributed by atoms with van der Waals surface area (Å²) >= 11 is 0. The normalized spacial score (nSPS) is 14.7. The van der Waals surface area contributed by atoms with Crippen molar-refractivity contribution in [2.24, 2.45) is 0 Å². The van der Waals surface area contributed by atoms with E-state index in [2.05, 4.69) is 10.1 Å². The van der Waals surface area contributed by atoms with Gasteiger partial charge in [-0.15, -0.1) is 0 Å². The van der Waals surface area contributed by atoms with Gasteiger partial charge in [-0.1, -0.05) is 6.07 Å². The van der Waals surface area contributed by atoms with Crippen molar-refractivity contribution < 1.29 is 28.3 Å². The van der Waals surface area contributed by atoms with Crippen LogP contribution in [0.1, 0.15) is 33.3 Å². The molecular weight excluding hydrogens is 426 g/mol. The number of imide groups is 1. The topological polar surface area (TPSA) is 103 Å². The number of nitrogens with one attached hydrogen (secondary N) is 1. The van der Waals surface area contributed by atoms with Gasteiger partial charge in [0.15, 0.2) is 0 Å². The first-order chi connectivity index (χ1) is 15.8. The van der Waals surface area contributed by atoms with Gasteiger partial charge >= 0.3 is 12.0 Å². The number of aromatic nitrogens is 1. The average Bonchev–Trinajstić information content (AvgIpc) is 3.46. The number of nitrogens with zero attached hydrogens (tertiary/aromatic N) is 2. The Kier molecular flexibility index (Phi) is 5.78. The molecule has 1 fully saturated rings. The van der Waals surface area contributed by atoms with Crippen molar-refractivity contribution in [3.63, 3.8) is 0 Å². The summed E-state index contributed by atoms with van der Waals surface area (Å²) in [5, 5.41) is 2.61. The SMILES string of the molecule is COC(=O)c1ccc(CN2C(=O)N/C(=C\c3cc(C)n(-c4cccc(OC)c4)c3C)C2=O)o1. The van der Waals surface area contributed by atoms with Crippen LogP contribution in [0.25, 0.3) is 11.8 Å². The number of hydrogen-bond donors (Lipinski definition) is 1. The molecule has 0 bridgehead atoms. The Morgan fingerprint density at radius 3 is 2.64 bits per heavy atom. The number of ether oxygens (including phenoxy) is 2. The van der Waals surface area contributed by atoms with Crippen LogP contribution in [0.5, 0.6) is 5.75 Å². The summed E-state index contributed by atoms with van der Waals surface area (Å²) in [6.45, 7) is 3.79. The molecule has 9 nitrogen and oxygen atoms in total. The lowest BCUT2D eigenvalue weighted by atomic mass is 10.2. The predicted octanol–water partition coefficient (Wildman–Crippen LogP) is 3.58. The molecule has 0 spiro atoms. The molecule has 1 N–H and O–H groups in total. The number of urea groups is 1. The highest BCUT2D eigenvalue weighted by Crippen LogP contribution is 2.26. The van der Waals surface area contributed by atoms with E-state index in [-0.39, 0.29) is 23.8 Å². The lowest BCUT2D eigenvalue weighted by Crippen LogP contribution is -2.30. The zero-order chi connectivity index (χ0) is 23.7. The van der Waals surface area contributed by atoms with Gasteiger partial charge in [-0.05, 0) is 55.8 Å². The van der Waals surface area contributed by atoms with Crippen LogP contribution in [-0.4, -0.2) is 41.6 Å². The summed E-state index contributed by atoms with van der Waals surface area (Å²) in [6, 6.07) is 12.0. The Hall–Kier alpha value is -4.27. The molecule has 170 valence electrons. The van der Waals surface area contributed by atoms with E-state index >= 15 is 0 Å². The van der Waals surface area contributed by atoms with E-state index in [0.29, 0.717) is 0 Å². The average molecular weight is 449 g/mol. The summed E-state index contributed by atoms with van der Waals surface area (Å²) in [5.41, 5.74) is 3.75. The molecule has 1 aromatic carbocycles. The molecule has 9 heteroatoms. The predicted molar refractivity (Wildman–Crippen MR) is 119 cm³/mol. The Labute approximate surface area is 190 Å². The maximum atomic E-state index is 12.9. The number of amides is 3. The lowest BCUT2D eigenvalue weighted by Gasteiger charge is -2.11. The second-order valence-corrected chi connectivity index (χ2v) is 7.50. The molecule has 2 aromatic heterocycles. The van der Waals surface area contributed by atoms with E-state index in [1.54, 1.807) is 13.2 Å². The molecule has 0 saturated carbocycles. The van der Waals surface area contributed by atoms with Crippen LogP contribution in [0.3, 0.4) is 0 Å². The second kappa shape index (κ2) is 8.70. The minimum absolute atomic E-state index is 0.000279. The van der Waals surface area contributed by atoms with Gasteiger partial charge in [-0.25, -0.2) is 9.59 Å². The van der Waals surface area contributed by atoms with Crippen molar-refractivity contribution in [2.75, 3.05) is 14.2 Å². The smallest absolute Gasteiger partial charge is 0.373 e. The molecule has 1 aliphatic rings. The summed E-state index contributed by atoms with van der Waals surface area (Å²) in [6.07, 6.45) is 1.65. The van der Waals surface area contributed by atoms with Gasteiger partial charge in [0.25, 0.3) is 5.91 Å². The van der Waals surface area contributed by atoms with Crippen molar-refractivity contribution >= 4 is 24.0 Å². The minimum atomic E-state index is -0.634. The zero-order valence-corrected chi connectivity index (χ0v) is 18.7.